The van der Waals surface area contributed by atoms with Gasteiger partial charge in [0.05, 0.1) is 0 Å². The molecule has 0 spiro atoms. The highest BCUT2D eigenvalue weighted by Crippen LogP contribution is 2.25. The van der Waals surface area contributed by atoms with Crippen LogP contribution in [0.2, 0.25) is 0 Å². The van der Waals surface area contributed by atoms with E-state index in [0.29, 0.717) is 0 Å². The van der Waals surface area contributed by atoms with Gasteiger partial charge in [-0.1, -0.05) is 32.3 Å². The summed E-state index contributed by atoms with van der Waals surface area (Å²) in [6.07, 6.45) is 6.14. The zero-order valence-electron chi connectivity index (χ0n) is 11.1. The van der Waals surface area contributed by atoms with Crippen LogP contribution >= 0.6 is 0 Å². The average Bonchev–Trinajstić information content (AvgIpc) is 2.35. The predicted molar refractivity (Wildman–Crippen MR) is 80.6 cm³/mol. The Hall–Kier alpha value is -1.70. The second kappa shape index (κ2) is 5.76. The standard InChI is InChI=1S/C16H22N2/c1-2-3-4-5-6-13-9-14-10-15(17)8-7-12(14)11-16(13)18/h7-11H,2-6,17-18H2,1H3. The molecule has 2 aromatic carbocycles. The lowest BCUT2D eigenvalue weighted by Crippen LogP contribution is -1.95. The smallest absolute Gasteiger partial charge is 0.0352 e. The Labute approximate surface area is 109 Å². The van der Waals surface area contributed by atoms with Crippen molar-refractivity contribution in [1.82, 2.24) is 0 Å². The molecule has 0 aliphatic heterocycles. The minimum absolute atomic E-state index is 0.809. The van der Waals surface area contributed by atoms with Gasteiger partial charge in [0.1, 0.15) is 0 Å². The fourth-order valence-corrected chi connectivity index (χ4v) is 2.34. The third-order valence-electron chi connectivity index (χ3n) is 3.42. The Morgan fingerprint density at radius 3 is 2.50 bits per heavy atom. The molecule has 2 nitrogen and oxygen atoms in total. The Bertz CT molecular complexity index is 532. The molecule has 0 aliphatic carbocycles. The number of aryl methyl sites for hydroxylation is 1. The zero-order chi connectivity index (χ0) is 13.0. The van der Waals surface area contributed by atoms with Crippen molar-refractivity contribution in [3.8, 4) is 0 Å². The topological polar surface area (TPSA) is 52.0 Å². The van der Waals surface area contributed by atoms with Gasteiger partial charge in [-0.3, -0.25) is 0 Å². The summed E-state index contributed by atoms with van der Waals surface area (Å²) in [5, 5.41) is 2.36. The number of unbranched alkanes of at least 4 members (excludes halogenated alkanes) is 3. The molecule has 0 fully saturated rings. The molecule has 0 radical (unpaired) electrons. The van der Waals surface area contributed by atoms with E-state index >= 15 is 0 Å². The monoisotopic (exact) mass is 242 g/mol. The first-order valence-electron chi connectivity index (χ1n) is 6.78. The maximum atomic E-state index is 6.11. The Morgan fingerprint density at radius 2 is 1.72 bits per heavy atom. The molecule has 4 N–H and O–H groups in total. The molecule has 2 heteroatoms. The number of benzene rings is 2. The van der Waals surface area contributed by atoms with Gasteiger partial charge >= 0.3 is 0 Å². The van der Waals surface area contributed by atoms with E-state index in [1.54, 1.807) is 0 Å². The van der Waals surface area contributed by atoms with Crippen LogP contribution in [0.4, 0.5) is 11.4 Å². The molecule has 0 heterocycles. The first kappa shape index (κ1) is 12.7. The van der Waals surface area contributed by atoms with Crippen LogP contribution in [0.5, 0.6) is 0 Å². The molecule has 0 saturated carbocycles. The van der Waals surface area contributed by atoms with Crippen molar-refractivity contribution in [1.29, 1.82) is 0 Å². The number of hydrogen-bond acceptors (Lipinski definition) is 2. The van der Waals surface area contributed by atoms with Crippen molar-refractivity contribution >= 4 is 22.1 Å². The van der Waals surface area contributed by atoms with Crippen LogP contribution in [0, 0.1) is 0 Å². The highest BCUT2D eigenvalue weighted by Gasteiger charge is 2.03. The molecule has 18 heavy (non-hydrogen) atoms. The van der Waals surface area contributed by atoms with Crippen molar-refractivity contribution in [3.63, 3.8) is 0 Å². The lowest BCUT2D eigenvalue weighted by atomic mass is 10.00. The number of hydrogen-bond donors (Lipinski definition) is 2. The summed E-state index contributed by atoms with van der Waals surface area (Å²) >= 11 is 0. The quantitative estimate of drug-likeness (QED) is 0.612. The molecular weight excluding hydrogens is 220 g/mol. The second-order valence-corrected chi connectivity index (χ2v) is 4.97. The normalized spacial score (nSPS) is 10.9. The fraction of sp³-hybridized carbons (Fsp3) is 0.375. The summed E-state index contributed by atoms with van der Waals surface area (Å²) < 4.78 is 0. The van der Waals surface area contributed by atoms with E-state index in [9.17, 15) is 0 Å². The van der Waals surface area contributed by atoms with Gasteiger partial charge in [0.15, 0.2) is 0 Å². The van der Waals surface area contributed by atoms with Crippen LogP contribution in [-0.4, -0.2) is 0 Å². The van der Waals surface area contributed by atoms with E-state index in [-0.39, 0.29) is 0 Å². The number of nitrogen functional groups attached to an aromatic ring is 2. The van der Waals surface area contributed by atoms with E-state index in [1.165, 1.54) is 42.0 Å². The summed E-state index contributed by atoms with van der Waals surface area (Å²) in [6.45, 7) is 2.23. The molecule has 0 amide bonds. The van der Waals surface area contributed by atoms with Crippen molar-refractivity contribution in [2.75, 3.05) is 11.5 Å². The van der Waals surface area contributed by atoms with E-state index in [2.05, 4.69) is 19.1 Å². The fourth-order valence-electron chi connectivity index (χ4n) is 2.34. The lowest BCUT2D eigenvalue weighted by Gasteiger charge is -2.08. The number of rotatable bonds is 5. The Balaban J connectivity index is 2.19. The molecule has 2 rings (SSSR count). The largest absolute Gasteiger partial charge is 0.399 e. The molecule has 0 aromatic heterocycles. The number of fused-ring (bicyclic) bond motifs is 1. The summed E-state index contributed by atoms with van der Waals surface area (Å²) in [4.78, 5) is 0. The molecule has 0 unspecified atom stereocenters. The second-order valence-electron chi connectivity index (χ2n) is 4.97. The predicted octanol–water partition coefficient (Wildman–Crippen LogP) is 4.13. The van der Waals surface area contributed by atoms with E-state index in [0.717, 1.165) is 17.8 Å². The summed E-state index contributed by atoms with van der Waals surface area (Å²) in [6, 6.07) is 10.2. The highest BCUT2D eigenvalue weighted by molar-refractivity contribution is 5.89. The third kappa shape index (κ3) is 2.95. The molecule has 0 aliphatic rings. The van der Waals surface area contributed by atoms with Gasteiger partial charge in [-0.2, -0.15) is 0 Å². The van der Waals surface area contributed by atoms with Gasteiger partial charge in [-0.05, 0) is 53.4 Å². The van der Waals surface area contributed by atoms with Crippen molar-refractivity contribution in [2.24, 2.45) is 0 Å². The van der Waals surface area contributed by atoms with Crippen LogP contribution < -0.4 is 11.5 Å². The van der Waals surface area contributed by atoms with E-state index < -0.39 is 0 Å². The zero-order valence-corrected chi connectivity index (χ0v) is 11.1. The van der Waals surface area contributed by atoms with Gasteiger partial charge in [0.2, 0.25) is 0 Å². The average molecular weight is 242 g/mol. The summed E-state index contributed by atoms with van der Waals surface area (Å²) in [5.74, 6) is 0. The van der Waals surface area contributed by atoms with Gasteiger partial charge in [-0.25, -0.2) is 0 Å². The number of anilines is 2. The van der Waals surface area contributed by atoms with Gasteiger partial charge < -0.3 is 11.5 Å². The molecule has 96 valence electrons. The highest BCUT2D eigenvalue weighted by atomic mass is 14.6. The van der Waals surface area contributed by atoms with Crippen LogP contribution in [-0.2, 0) is 6.42 Å². The molecular formula is C16H22N2. The SMILES string of the molecule is CCCCCCc1cc2cc(N)ccc2cc1N. The molecule has 2 aromatic rings. The Kier molecular flexibility index (Phi) is 4.08. The van der Waals surface area contributed by atoms with Gasteiger partial charge in [0, 0.05) is 11.4 Å². The molecule has 0 atom stereocenters. The number of nitrogens with two attached hydrogens (primary N) is 2. The lowest BCUT2D eigenvalue weighted by molar-refractivity contribution is 0.667. The summed E-state index contributed by atoms with van der Waals surface area (Å²) in [5.41, 5.74) is 14.9. The maximum absolute atomic E-state index is 6.11. The first-order valence-corrected chi connectivity index (χ1v) is 6.78. The first-order chi connectivity index (χ1) is 8.70. The van der Waals surface area contributed by atoms with Gasteiger partial charge in [0.25, 0.3) is 0 Å². The van der Waals surface area contributed by atoms with Crippen LogP contribution in [0.3, 0.4) is 0 Å². The molecule has 0 bridgehead atoms. The minimum Gasteiger partial charge on any atom is -0.399 e. The summed E-state index contributed by atoms with van der Waals surface area (Å²) in [7, 11) is 0. The van der Waals surface area contributed by atoms with Crippen molar-refractivity contribution < 1.29 is 0 Å². The minimum atomic E-state index is 0.809. The van der Waals surface area contributed by atoms with Crippen molar-refractivity contribution in [3.05, 3.63) is 35.9 Å². The maximum Gasteiger partial charge on any atom is 0.0352 e. The van der Waals surface area contributed by atoms with E-state index in [4.69, 9.17) is 11.5 Å². The van der Waals surface area contributed by atoms with Crippen LogP contribution in [0.15, 0.2) is 30.3 Å². The van der Waals surface area contributed by atoms with Crippen molar-refractivity contribution in [2.45, 2.75) is 39.0 Å². The van der Waals surface area contributed by atoms with Crippen LogP contribution in [0.25, 0.3) is 10.8 Å². The molecule has 0 saturated heterocycles. The third-order valence-corrected chi connectivity index (χ3v) is 3.42. The van der Waals surface area contributed by atoms with Gasteiger partial charge in [-0.15, -0.1) is 0 Å². The van der Waals surface area contributed by atoms with E-state index in [1.807, 2.05) is 18.2 Å². The van der Waals surface area contributed by atoms with Crippen LogP contribution in [0.1, 0.15) is 38.2 Å². The Morgan fingerprint density at radius 1 is 0.889 bits per heavy atom.